The predicted octanol–water partition coefficient (Wildman–Crippen LogP) is 2.36. The van der Waals surface area contributed by atoms with Gasteiger partial charge in [-0.25, -0.2) is 17.6 Å². The van der Waals surface area contributed by atoms with Crippen LogP contribution in [0.25, 0.3) is 0 Å². The highest BCUT2D eigenvalue weighted by Gasteiger charge is 2.50. The third-order valence-corrected chi connectivity index (χ3v) is 7.00. The first kappa shape index (κ1) is 25.9. The molecular formula is C22H30FNO7S. The molecule has 1 saturated heterocycles. The number of ketones is 1. The summed E-state index contributed by atoms with van der Waals surface area (Å²) in [5.41, 5.74) is 0. The number of carboxylic acids is 1. The van der Waals surface area contributed by atoms with Crippen LogP contribution in [-0.4, -0.2) is 55.7 Å². The van der Waals surface area contributed by atoms with Gasteiger partial charge in [0, 0.05) is 18.9 Å². The van der Waals surface area contributed by atoms with Crippen LogP contribution in [-0.2, 0) is 29.0 Å². The van der Waals surface area contributed by atoms with Crippen LogP contribution in [0.3, 0.4) is 0 Å². The number of epoxide rings is 1. The van der Waals surface area contributed by atoms with Crippen molar-refractivity contribution in [2.45, 2.75) is 63.1 Å². The minimum atomic E-state index is -3.48. The van der Waals surface area contributed by atoms with E-state index >= 15 is 0 Å². The number of carbonyl (C=O) groups is 3. The quantitative estimate of drug-likeness (QED) is 0.242. The Morgan fingerprint density at radius 2 is 1.75 bits per heavy atom. The molecule has 1 aromatic carbocycles. The van der Waals surface area contributed by atoms with E-state index < -0.39 is 39.7 Å². The minimum Gasteiger partial charge on any atom is -0.479 e. The van der Waals surface area contributed by atoms with Crippen molar-refractivity contribution in [3.05, 3.63) is 30.1 Å². The van der Waals surface area contributed by atoms with Crippen LogP contribution in [0.5, 0.6) is 0 Å². The van der Waals surface area contributed by atoms with Gasteiger partial charge in [-0.2, -0.15) is 0 Å². The zero-order chi connectivity index (χ0) is 23.9. The number of benzene rings is 1. The van der Waals surface area contributed by atoms with Crippen molar-refractivity contribution in [2.24, 2.45) is 11.8 Å². The normalized spacial score (nSPS) is 18.9. The Labute approximate surface area is 187 Å². The molecule has 32 heavy (non-hydrogen) atoms. The second-order valence-electron chi connectivity index (χ2n) is 8.44. The monoisotopic (exact) mass is 471 g/mol. The summed E-state index contributed by atoms with van der Waals surface area (Å²) in [4.78, 5) is 35.7. The lowest BCUT2D eigenvalue weighted by atomic mass is 9.90. The lowest BCUT2D eigenvalue weighted by Gasteiger charge is -2.18. The van der Waals surface area contributed by atoms with E-state index in [0.29, 0.717) is 32.2 Å². The van der Waals surface area contributed by atoms with Crippen LogP contribution < -0.4 is 5.32 Å². The second-order valence-corrected chi connectivity index (χ2v) is 10.5. The first-order chi connectivity index (χ1) is 15.0. The number of aliphatic carboxylic acids is 1. The van der Waals surface area contributed by atoms with Crippen LogP contribution in [0.2, 0.25) is 0 Å². The van der Waals surface area contributed by atoms with Crippen molar-refractivity contribution in [3.63, 3.8) is 0 Å². The maximum Gasteiger partial charge on any atom is 0.336 e. The molecule has 1 fully saturated rings. The minimum absolute atomic E-state index is 0.0663. The molecule has 2 N–H and O–H groups in total. The van der Waals surface area contributed by atoms with Crippen molar-refractivity contribution in [1.29, 1.82) is 0 Å². The molecule has 0 saturated carbocycles. The average Bonchev–Trinajstić information content (AvgIpc) is 3.51. The maximum absolute atomic E-state index is 12.9. The fourth-order valence-electron chi connectivity index (χ4n) is 3.47. The number of nitrogens with one attached hydrogen (secondary N) is 1. The van der Waals surface area contributed by atoms with Gasteiger partial charge in [0.1, 0.15) is 5.82 Å². The van der Waals surface area contributed by atoms with Gasteiger partial charge in [-0.05, 0) is 49.4 Å². The van der Waals surface area contributed by atoms with Crippen molar-refractivity contribution in [1.82, 2.24) is 5.32 Å². The van der Waals surface area contributed by atoms with E-state index in [9.17, 15) is 27.2 Å². The number of Topliss-reactive ketones (excluding diaryl/α,β-unsaturated/α-hetero) is 1. The van der Waals surface area contributed by atoms with Crippen LogP contribution in [0.1, 0.15) is 46.0 Å². The third kappa shape index (κ3) is 7.98. The summed E-state index contributed by atoms with van der Waals surface area (Å²) in [5.74, 6) is -2.81. The van der Waals surface area contributed by atoms with E-state index in [-0.39, 0.29) is 34.7 Å². The number of amides is 1. The van der Waals surface area contributed by atoms with Crippen molar-refractivity contribution >= 4 is 27.5 Å². The highest BCUT2D eigenvalue weighted by Crippen LogP contribution is 2.27. The first-order valence-electron chi connectivity index (χ1n) is 10.7. The van der Waals surface area contributed by atoms with Gasteiger partial charge in [-0.1, -0.05) is 20.3 Å². The summed E-state index contributed by atoms with van der Waals surface area (Å²) in [5, 5.41) is 11.6. The van der Waals surface area contributed by atoms with Gasteiger partial charge in [0.05, 0.1) is 10.6 Å². The zero-order valence-corrected chi connectivity index (χ0v) is 19.1. The van der Waals surface area contributed by atoms with Gasteiger partial charge in [-0.15, -0.1) is 0 Å². The van der Waals surface area contributed by atoms with Crippen LogP contribution in [0, 0.1) is 17.7 Å². The van der Waals surface area contributed by atoms with E-state index in [4.69, 9.17) is 9.84 Å². The van der Waals surface area contributed by atoms with Crippen LogP contribution >= 0.6 is 0 Å². The average molecular weight is 472 g/mol. The predicted molar refractivity (Wildman–Crippen MR) is 114 cm³/mol. The second kappa shape index (κ2) is 11.5. The third-order valence-electron chi connectivity index (χ3n) is 5.19. The van der Waals surface area contributed by atoms with Gasteiger partial charge in [0.15, 0.2) is 27.8 Å². The number of hydrogen-bond acceptors (Lipinski definition) is 6. The number of ether oxygens (including phenoxy) is 1. The number of halogens is 1. The lowest BCUT2D eigenvalue weighted by Crippen LogP contribution is -2.34. The number of carboxylic acid groups (broad SMARTS) is 1. The van der Waals surface area contributed by atoms with Gasteiger partial charge < -0.3 is 15.2 Å². The molecule has 1 heterocycles. The smallest absolute Gasteiger partial charge is 0.336 e. The Bertz CT molecular complexity index is 915. The number of rotatable bonds is 14. The SMILES string of the molecule is CC(C)C[C@H](CC(=O)[C@H]1O[C@@H]1C(=O)O)C(=O)NCCCCCS(=O)(=O)c1ccc(F)cc1. The molecular weight excluding hydrogens is 441 g/mol. The molecule has 1 aliphatic heterocycles. The van der Waals surface area contributed by atoms with Crippen molar-refractivity contribution in [2.75, 3.05) is 12.3 Å². The fourth-order valence-corrected chi connectivity index (χ4v) is 4.84. The molecule has 8 nitrogen and oxygen atoms in total. The summed E-state index contributed by atoms with van der Waals surface area (Å²) in [6, 6.07) is 4.70. The number of hydrogen-bond donors (Lipinski definition) is 2. The Kier molecular flexibility index (Phi) is 9.33. The van der Waals surface area contributed by atoms with Gasteiger partial charge in [0.2, 0.25) is 5.91 Å². The van der Waals surface area contributed by atoms with Crippen LogP contribution in [0.4, 0.5) is 4.39 Å². The van der Waals surface area contributed by atoms with Gasteiger partial charge in [-0.3, -0.25) is 9.59 Å². The zero-order valence-electron chi connectivity index (χ0n) is 18.3. The molecule has 0 radical (unpaired) electrons. The summed E-state index contributed by atoms with van der Waals surface area (Å²) >= 11 is 0. The molecule has 1 aromatic rings. The van der Waals surface area contributed by atoms with E-state index in [1.165, 1.54) is 12.1 Å². The standard InChI is InChI=1S/C22H30FNO7S/c1-14(2)12-15(13-18(25)19-20(31-19)22(27)28)21(26)24-10-4-3-5-11-32(29,30)17-8-6-16(23)7-9-17/h6-9,14-15,19-20H,3-5,10-13H2,1-2H3,(H,24,26)(H,27,28)/t15-,19-,20+/m1/s1. The van der Waals surface area contributed by atoms with Crippen molar-refractivity contribution < 1.29 is 37.0 Å². The number of sulfone groups is 1. The molecule has 1 amide bonds. The summed E-state index contributed by atoms with van der Waals surface area (Å²) < 4.78 is 42.3. The highest BCUT2D eigenvalue weighted by molar-refractivity contribution is 7.91. The number of carbonyl (C=O) groups excluding carboxylic acids is 2. The Morgan fingerprint density at radius 1 is 1.09 bits per heavy atom. The molecule has 0 unspecified atom stereocenters. The topological polar surface area (TPSA) is 130 Å². The van der Waals surface area contributed by atoms with Gasteiger partial charge in [0.25, 0.3) is 0 Å². The van der Waals surface area contributed by atoms with Crippen LogP contribution in [0.15, 0.2) is 29.2 Å². The Morgan fingerprint density at radius 3 is 2.31 bits per heavy atom. The largest absolute Gasteiger partial charge is 0.479 e. The molecule has 0 aliphatic carbocycles. The summed E-state index contributed by atoms with van der Waals surface area (Å²) in [6.45, 7) is 4.20. The fraction of sp³-hybridized carbons (Fsp3) is 0.591. The first-order valence-corrected chi connectivity index (χ1v) is 12.3. The van der Waals surface area contributed by atoms with E-state index in [1.54, 1.807) is 0 Å². The molecule has 2 rings (SSSR count). The Hall–Kier alpha value is -2.33. The summed E-state index contributed by atoms with van der Waals surface area (Å²) in [7, 11) is -3.48. The molecule has 3 atom stereocenters. The van der Waals surface area contributed by atoms with Crippen molar-refractivity contribution in [3.8, 4) is 0 Å². The highest BCUT2D eigenvalue weighted by atomic mass is 32.2. The summed E-state index contributed by atoms with van der Waals surface area (Å²) in [6.07, 6.45) is -0.134. The Balaban J connectivity index is 1.72. The molecule has 178 valence electrons. The van der Waals surface area contributed by atoms with E-state index in [0.717, 1.165) is 12.1 Å². The van der Waals surface area contributed by atoms with E-state index in [2.05, 4.69) is 5.32 Å². The molecule has 10 heteroatoms. The molecule has 1 aliphatic rings. The maximum atomic E-state index is 12.9. The molecule has 0 spiro atoms. The number of unbranched alkanes of at least 4 members (excludes halogenated alkanes) is 2. The van der Waals surface area contributed by atoms with Gasteiger partial charge >= 0.3 is 5.97 Å². The van der Waals surface area contributed by atoms with E-state index in [1.807, 2.05) is 13.8 Å². The lowest BCUT2D eigenvalue weighted by molar-refractivity contribution is -0.138. The molecule has 0 aromatic heterocycles. The molecule has 0 bridgehead atoms.